The molecular formula is C11H17NOS. The fourth-order valence-electron chi connectivity index (χ4n) is 1.49. The van der Waals surface area contributed by atoms with Gasteiger partial charge in [0.05, 0.1) is 12.5 Å². The van der Waals surface area contributed by atoms with Gasteiger partial charge in [-0.3, -0.25) is 0 Å². The Morgan fingerprint density at radius 2 is 1.93 bits per heavy atom. The summed E-state index contributed by atoms with van der Waals surface area (Å²) in [6.45, 7) is 4.15. The van der Waals surface area contributed by atoms with E-state index in [0.29, 0.717) is 0 Å². The third-order valence-corrected chi connectivity index (χ3v) is 3.10. The summed E-state index contributed by atoms with van der Waals surface area (Å²) >= 11 is 4.45. The average molecular weight is 211 g/mol. The molecule has 0 saturated carbocycles. The van der Waals surface area contributed by atoms with E-state index in [4.69, 9.17) is 4.74 Å². The lowest BCUT2D eigenvalue weighted by molar-refractivity contribution is 0.411. The Bertz CT molecular complexity index is 325. The van der Waals surface area contributed by atoms with E-state index in [1.807, 2.05) is 13.1 Å². The lowest BCUT2D eigenvalue weighted by Gasteiger charge is -2.16. The van der Waals surface area contributed by atoms with E-state index in [9.17, 15) is 0 Å². The minimum Gasteiger partial charge on any atom is -0.496 e. The van der Waals surface area contributed by atoms with Gasteiger partial charge in [-0.2, -0.15) is 12.6 Å². The molecule has 0 aromatic heterocycles. The molecule has 1 atom stereocenters. The first kappa shape index (κ1) is 11.4. The maximum Gasteiger partial charge on any atom is 0.122 e. The minimum atomic E-state index is 0.0830. The Morgan fingerprint density at radius 3 is 2.43 bits per heavy atom. The van der Waals surface area contributed by atoms with Crippen molar-refractivity contribution >= 4 is 12.6 Å². The molecule has 0 aliphatic heterocycles. The zero-order valence-corrected chi connectivity index (χ0v) is 9.98. The highest BCUT2D eigenvalue weighted by atomic mass is 32.1. The lowest BCUT2D eigenvalue weighted by atomic mass is 10.0. The summed E-state index contributed by atoms with van der Waals surface area (Å²) in [6.07, 6.45) is 0. The van der Waals surface area contributed by atoms with Gasteiger partial charge in [-0.1, -0.05) is 6.07 Å². The van der Waals surface area contributed by atoms with E-state index in [2.05, 4.69) is 37.9 Å². The molecule has 1 unspecified atom stereocenters. The van der Waals surface area contributed by atoms with Gasteiger partial charge in [0, 0.05) is 0 Å². The van der Waals surface area contributed by atoms with Crippen LogP contribution in [0.5, 0.6) is 5.75 Å². The molecule has 3 heteroatoms. The van der Waals surface area contributed by atoms with Crippen LogP contribution >= 0.6 is 12.6 Å². The van der Waals surface area contributed by atoms with Crippen molar-refractivity contribution < 1.29 is 4.74 Å². The first-order valence-electron chi connectivity index (χ1n) is 4.61. The third kappa shape index (κ3) is 2.04. The Balaban J connectivity index is 3.17. The highest BCUT2D eigenvalue weighted by Gasteiger charge is 2.11. The number of hydrogen-bond acceptors (Lipinski definition) is 3. The molecular weight excluding hydrogens is 194 g/mol. The van der Waals surface area contributed by atoms with Gasteiger partial charge in [-0.15, -0.1) is 0 Å². The van der Waals surface area contributed by atoms with Gasteiger partial charge < -0.3 is 10.1 Å². The summed E-state index contributed by atoms with van der Waals surface area (Å²) < 4.78 is 5.25. The minimum absolute atomic E-state index is 0.0830. The molecule has 78 valence electrons. The highest BCUT2D eigenvalue weighted by molar-refractivity contribution is 7.80. The Morgan fingerprint density at radius 1 is 1.29 bits per heavy atom. The Labute approximate surface area is 91.1 Å². The van der Waals surface area contributed by atoms with Gasteiger partial charge in [-0.25, -0.2) is 0 Å². The summed E-state index contributed by atoms with van der Waals surface area (Å²) in [5.74, 6) is 0.933. The summed E-state index contributed by atoms with van der Waals surface area (Å²) in [5, 5.41) is 3.19. The molecule has 1 rings (SSSR count). The molecule has 0 aliphatic carbocycles. The largest absolute Gasteiger partial charge is 0.496 e. The van der Waals surface area contributed by atoms with Crippen molar-refractivity contribution in [2.45, 2.75) is 19.2 Å². The molecule has 1 N–H and O–H groups in total. The molecule has 2 nitrogen and oxygen atoms in total. The number of benzene rings is 1. The van der Waals surface area contributed by atoms with Crippen LogP contribution in [0, 0.1) is 13.8 Å². The molecule has 0 amide bonds. The first-order chi connectivity index (χ1) is 6.61. The molecule has 0 bridgehead atoms. The van der Waals surface area contributed by atoms with Gasteiger partial charge in [0.15, 0.2) is 0 Å². The van der Waals surface area contributed by atoms with Gasteiger partial charge in [0.1, 0.15) is 5.75 Å². The molecule has 0 heterocycles. The van der Waals surface area contributed by atoms with Crippen molar-refractivity contribution in [3.05, 3.63) is 28.8 Å². The summed E-state index contributed by atoms with van der Waals surface area (Å²) in [6, 6.07) is 4.04. The predicted molar refractivity (Wildman–Crippen MR) is 63.3 cm³/mol. The maximum atomic E-state index is 5.25. The van der Waals surface area contributed by atoms with Crippen molar-refractivity contribution in [2.24, 2.45) is 0 Å². The van der Waals surface area contributed by atoms with Crippen LogP contribution in [-0.2, 0) is 0 Å². The van der Waals surface area contributed by atoms with Crippen molar-refractivity contribution in [3.63, 3.8) is 0 Å². The van der Waals surface area contributed by atoms with Crippen LogP contribution in [0.15, 0.2) is 12.1 Å². The fourth-order valence-corrected chi connectivity index (χ4v) is 1.77. The zero-order chi connectivity index (χ0) is 10.7. The van der Waals surface area contributed by atoms with Gasteiger partial charge in [-0.05, 0) is 43.7 Å². The van der Waals surface area contributed by atoms with E-state index >= 15 is 0 Å². The van der Waals surface area contributed by atoms with Gasteiger partial charge in [0.25, 0.3) is 0 Å². The molecule has 14 heavy (non-hydrogen) atoms. The van der Waals surface area contributed by atoms with E-state index < -0.39 is 0 Å². The van der Waals surface area contributed by atoms with Crippen LogP contribution in [0.1, 0.15) is 22.1 Å². The van der Waals surface area contributed by atoms with Crippen LogP contribution in [0.2, 0.25) is 0 Å². The molecule has 1 aromatic carbocycles. The van der Waals surface area contributed by atoms with Crippen molar-refractivity contribution in [1.82, 2.24) is 5.32 Å². The van der Waals surface area contributed by atoms with Gasteiger partial charge >= 0.3 is 0 Å². The molecule has 0 radical (unpaired) electrons. The molecule has 0 spiro atoms. The topological polar surface area (TPSA) is 21.3 Å². The number of nitrogens with one attached hydrogen (secondary N) is 1. The van der Waals surface area contributed by atoms with Crippen LogP contribution in [0.4, 0.5) is 0 Å². The number of methoxy groups -OCH3 is 1. The smallest absolute Gasteiger partial charge is 0.122 e. The lowest BCUT2D eigenvalue weighted by Crippen LogP contribution is -2.12. The molecule has 1 aromatic rings. The number of hydrogen-bond donors (Lipinski definition) is 2. The fraction of sp³-hybridized carbons (Fsp3) is 0.455. The van der Waals surface area contributed by atoms with E-state index in [-0.39, 0.29) is 5.37 Å². The number of ether oxygens (including phenoxy) is 1. The van der Waals surface area contributed by atoms with Crippen LogP contribution in [0.25, 0.3) is 0 Å². The summed E-state index contributed by atoms with van der Waals surface area (Å²) in [5.41, 5.74) is 3.62. The maximum absolute atomic E-state index is 5.25. The van der Waals surface area contributed by atoms with Gasteiger partial charge in [0.2, 0.25) is 0 Å². The number of thiol groups is 1. The zero-order valence-electron chi connectivity index (χ0n) is 9.09. The first-order valence-corrected chi connectivity index (χ1v) is 5.13. The second kappa shape index (κ2) is 4.71. The summed E-state index contributed by atoms with van der Waals surface area (Å²) in [4.78, 5) is 0. The van der Waals surface area contributed by atoms with Crippen LogP contribution in [-0.4, -0.2) is 14.2 Å². The van der Waals surface area contributed by atoms with Crippen LogP contribution in [0.3, 0.4) is 0 Å². The average Bonchev–Trinajstić information content (AvgIpc) is 2.21. The van der Waals surface area contributed by atoms with Crippen molar-refractivity contribution in [3.8, 4) is 5.75 Å². The Hall–Kier alpha value is -0.670. The quantitative estimate of drug-likeness (QED) is 0.592. The highest BCUT2D eigenvalue weighted by Crippen LogP contribution is 2.28. The SMILES string of the molecule is CNC(S)c1ccc(OC)c(C)c1C. The summed E-state index contributed by atoms with van der Waals surface area (Å²) in [7, 11) is 3.59. The second-order valence-corrected chi connectivity index (χ2v) is 3.81. The van der Waals surface area contributed by atoms with Crippen molar-refractivity contribution in [1.29, 1.82) is 0 Å². The molecule has 0 fully saturated rings. The van der Waals surface area contributed by atoms with Crippen molar-refractivity contribution in [2.75, 3.05) is 14.2 Å². The second-order valence-electron chi connectivity index (χ2n) is 3.30. The molecule has 0 saturated heterocycles. The standard InChI is InChI=1S/C11H17NOS/c1-7-8(2)10(13-4)6-5-9(7)11(14)12-3/h5-6,11-12,14H,1-4H3. The van der Waals surface area contributed by atoms with E-state index in [0.717, 1.165) is 5.75 Å². The number of rotatable bonds is 3. The molecule has 0 aliphatic rings. The normalized spacial score (nSPS) is 12.6. The third-order valence-electron chi connectivity index (χ3n) is 2.57. The van der Waals surface area contributed by atoms with E-state index in [1.165, 1.54) is 16.7 Å². The predicted octanol–water partition coefficient (Wildman–Crippen LogP) is 2.46. The Kier molecular flexibility index (Phi) is 3.84. The monoisotopic (exact) mass is 211 g/mol. The van der Waals surface area contributed by atoms with Crippen LogP contribution < -0.4 is 10.1 Å². The van der Waals surface area contributed by atoms with E-state index in [1.54, 1.807) is 7.11 Å².